The van der Waals surface area contributed by atoms with Crippen molar-refractivity contribution in [2.45, 2.75) is 33.2 Å². The predicted molar refractivity (Wildman–Crippen MR) is 89.9 cm³/mol. The molecule has 0 unspecified atom stereocenters. The Morgan fingerprint density at radius 3 is 2.41 bits per heavy atom. The molecule has 0 saturated carbocycles. The molecule has 0 saturated heterocycles. The van der Waals surface area contributed by atoms with Gasteiger partial charge in [-0.25, -0.2) is 0 Å². The molecular weight excluding hydrogens is 270 g/mol. The first kappa shape index (κ1) is 14.8. The van der Waals surface area contributed by atoms with Crippen LogP contribution >= 0.6 is 0 Å². The van der Waals surface area contributed by atoms with Crippen LogP contribution in [-0.4, -0.2) is 17.4 Å². The van der Waals surface area contributed by atoms with Crippen molar-refractivity contribution in [2.75, 3.05) is 6.54 Å². The Morgan fingerprint density at radius 1 is 1.05 bits per heavy atom. The van der Waals surface area contributed by atoms with Crippen molar-refractivity contribution in [3.05, 3.63) is 70.8 Å². The van der Waals surface area contributed by atoms with Crippen molar-refractivity contribution in [3.63, 3.8) is 0 Å². The molecule has 2 aromatic carbocycles. The minimum atomic E-state index is 0.144. The van der Waals surface area contributed by atoms with E-state index in [1.807, 2.05) is 23.1 Å². The minimum absolute atomic E-state index is 0.144. The maximum Gasteiger partial charge on any atom is 0.254 e. The van der Waals surface area contributed by atoms with Crippen LogP contribution in [-0.2, 0) is 19.4 Å². The van der Waals surface area contributed by atoms with Crippen molar-refractivity contribution in [1.29, 1.82) is 0 Å². The van der Waals surface area contributed by atoms with Gasteiger partial charge in [-0.2, -0.15) is 0 Å². The second-order valence-corrected chi connectivity index (χ2v) is 6.54. The summed E-state index contributed by atoms with van der Waals surface area (Å²) >= 11 is 0. The van der Waals surface area contributed by atoms with Crippen LogP contribution in [0.25, 0.3) is 0 Å². The lowest BCUT2D eigenvalue weighted by molar-refractivity contribution is 0.0734. The number of nitrogens with zero attached hydrogens (tertiary/aromatic N) is 1. The van der Waals surface area contributed by atoms with Gasteiger partial charge < -0.3 is 4.90 Å². The average molecular weight is 293 g/mol. The van der Waals surface area contributed by atoms with E-state index < -0.39 is 0 Å². The van der Waals surface area contributed by atoms with Crippen LogP contribution in [0.2, 0.25) is 0 Å². The minimum Gasteiger partial charge on any atom is -0.334 e. The zero-order valence-electron chi connectivity index (χ0n) is 13.4. The van der Waals surface area contributed by atoms with E-state index in [-0.39, 0.29) is 5.91 Å². The van der Waals surface area contributed by atoms with Crippen LogP contribution in [0.1, 0.15) is 40.9 Å². The summed E-state index contributed by atoms with van der Waals surface area (Å²) in [6, 6.07) is 16.5. The summed E-state index contributed by atoms with van der Waals surface area (Å²) in [6.45, 7) is 5.96. The van der Waals surface area contributed by atoms with Gasteiger partial charge in [0.1, 0.15) is 0 Å². The van der Waals surface area contributed by atoms with Crippen LogP contribution < -0.4 is 0 Å². The highest BCUT2D eigenvalue weighted by atomic mass is 16.2. The molecule has 0 aromatic heterocycles. The lowest BCUT2D eigenvalue weighted by Gasteiger charge is -2.29. The number of hydrogen-bond acceptors (Lipinski definition) is 1. The van der Waals surface area contributed by atoms with Crippen LogP contribution in [0.4, 0.5) is 0 Å². The number of rotatable bonds is 3. The number of carbonyl (C=O) groups is 1. The molecule has 1 amide bonds. The van der Waals surface area contributed by atoms with Crippen molar-refractivity contribution >= 4 is 5.91 Å². The summed E-state index contributed by atoms with van der Waals surface area (Å²) in [5.74, 6) is 0.783. The second kappa shape index (κ2) is 6.35. The third-order valence-electron chi connectivity index (χ3n) is 4.26. The maximum absolute atomic E-state index is 12.7. The summed E-state index contributed by atoms with van der Waals surface area (Å²) < 4.78 is 0. The SMILES string of the molecule is CC(C)Cc1ccc(C(=O)N2CCc3ccccc3C2)cc1. The molecule has 0 atom stereocenters. The van der Waals surface area contributed by atoms with E-state index in [0.29, 0.717) is 5.92 Å². The Bertz CT molecular complexity index is 658. The molecular formula is C20H23NO. The highest BCUT2D eigenvalue weighted by molar-refractivity contribution is 5.94. The molecule has 1 heterocycles. The fourth-order valence-electron chi connectivity index (χ4n) is 3.11. The molecule has 22 heavy (non-hydrogen) atoms. The normalized spacial score (nSPS) is 14.0. The van der Waals surface area contributed by atoms with Crippen LogP contribution in [0, 0.1) is 5.92 Å². The molecule has 0 radical (unpaired) electrons. The molecule has 3 rings (SSSR count). The third-order valence-corrected chi connectivity index (χ3v) is 4.26. The van der Waals surface area contributed by atoms with Crippen molar-refractivity contribution < 1.29 is 4.79 Å². The quantitative estimate of drug-likeness (QED) is 0.835. The average Bonchev–Trinajstić information content (AvgIpc) is 2.54. The summed E-state index contributed by atoms with van der Waals surface area (Å²) in [7, 11) is 0. The fraction of sp³-hybridized carbons (Fsp3) is 0.350. The number of benzene rings is 2. The fourth-order valence-corrected chi connectivity index (χ4v) is 3.11. The van der Waals surface area contributed by atoms with E-state index in [1.165, 1.54) is 16.7 Å². The van der Waals surface area contributed by atoms with Gasteiger partial charge in [0.05, 0.1) is 0 Å². The molecule has 2 nitrogen and oxygen atoms in total. The number of carbonyl (C=O) groups excluding carboxylic acids is 1. The lowest BCUT2D eigenvalue weighted by Crippen LogP contribution is -2.35. The van der Waals surface area contributed by atoms with E-state index in [4.69, 9.17) is 0 Å². The van der Waals surface area contributed by atoms with Crippen molar-refractivity contribution in [1.82, 2.24) is 4.90 Å². The Hall–Kier alpha value is -2.09. The van der Waals surface area contributed by atoms with Gasteiger partial charge >= 0.3 is 0 Å². The Balaban J connectivity index is 1.72. The van der Waals surface area contributed by atoms with Crippen LogP contribution in [0.5, 0.6) is 0 Å². The van der Waals surface area contributed by atoms with Gasteiger partial charge in [-0.1, -0.05) is 50.2 Å². The second-order valence-electron chi connectivity index (χ2n) is 6.54. The first-order valence-corrected chi connectivity index (χ1v) is 8.08. The summed E-state index contributed by atoms with van der Waals surface area (Å²) in [5, 5.41) is 0. The highest BCUT2D eigenvalue weighted by Gasteiger charge is 2.21. The number of fused-ring (bicyclic) bond motifs is 1. The van der Waals surface area contributed by atoms with Crippen molar-refractivity contribution in [2.24, 2.45) is 5.92 Å². The lowest BCUT2D eigenvalue weighted by atomic mass is 9.98. The van der Waals surface area contributed by atoms with Gasteiger partial charge in [-0.05, 0) is 47.6 Å². The van der Waals surface area contributed by atoms with Gasteiger partial charge in [0.2, 0.25) is 0 Å². The Kier molecular flexibility index (Phi) is 4.28. The van der Waals surface area contributed by atoms with E-state index in [9.17, 15) is 4.79 Å². The first-order chi connectivity index (χ1) is 10.6. The molecule has 2 aromatic rings. The smallest absolute Gasteiger partial charge is 0.254 e. The molecule has 2 heteroatoms. The summed E-state index contributed by atoms with van der Waals surface area (Å²) in [5.41, 5.74) is 4.75. The van der Waals surface area contributed by atoms with E-state index in [0.717, 1.165) is 31.5 Å². The molecule has 1 aliphatic rings. The van der Waals surface area contributed by atoms with E-state index >= 15 is 0 Å². The van der Waals surface area contributed by atoms with Gasteiger partial charge in [-0.15, -0.1) is 0 Å². The monoisotopic (exact) mass is 293 g/mol. The predicted octanol–water partition coefficient (Wildman–Crippen LogP) is 4.08. The highest BCUT2D eigenvalue weighted by Crippen LogP contribution is 2.20. The number of hydrogen-bond donors (Lipinski definition) is 0. The molecule has 1 aliphatic heterocycles. The summed E-state index contributed by atoms with van der Waals surface area (Å²) in [4.78, 5) is 14.6. The molecule has 0 N–H and O–H groups in total. The number of amides is 1. The third kappa shape index (κ3) is 3.22. The zero-order valence-corrected chi connectivity index (χ0v) is 13.4. The molecule has 0 bridgehead atoms. The Morgan fingerprint density at radius 2 is 1.73 bits per heavy atom. The molecule has 0 spiro atoms. The van der Waals surface area contributed by atoms with Gasteiger partial charge in [0, 0.05) is 18.7 Å². The topological polar surface area (TPSA) is 20.3 Å². The van der Waals surface area contributed by atoms with Gasteiger partial charge in [-0.3, -0.25) is 4.79 Å². The van der Waals surface area contributed by atoms with Crippen LogP contribution in [0.3, 0.4) is 0 Å². The molecule has 114 valence electrons. The molecule has 0 aliphatic carbocycles. The standard InChI is InChI=1S/C20H23NO/c1-15(2)13-16-7-9-18(10-8-16)20(22)21-12-11-17-5-3-4-6-19(17)14-21/h3-10,15H,11-14H2,1-2H3. The zero-order chi connectivity index (χ0) is 15.5. The van der Waals surface area contributed by atoms with Gasteiger partial charge in [0.25, 0.3) is 5.91 Å². The first-order valence-electron chi connectivity index (χ1n) is 8.08. The van der Waals surface area contributed by atoms with E-state index in [1.54, 1.807) is 0 Å². The van der Waals surface area contributed by atoms with Crippen LogP contribution in [0.15, 0.2) is 48.5 Å². The van der Waals surface area contributed by atoms with Crippen molar-refractivity contribution in [3.8, 4) is 0 Å². The maximum atomic E-state index is 12.7. The van der Waals surface area contributed by atoms with Gasteiger partial charge in [0.15, 0.2) is 0 Å². The summed E-state index contributed by atoms with van der Waals surface area (Å²) in [6.07, 6.45) is 2.01. The Labute approximate surface area is 132 Å². The van der Waals surface area contributed by atoms with E-state index in [2.05, 4.69) is 44.2 Å². The largest absolute Gasteiger partial charge is 0.334 e. The molecule has 0 fully saturated rings.